The molecule has 0 unspecified atom stereocenters. The van der Waals surface area contributed by atoms with Crippen molar-refractivity contribution in [3.63, 3.8) is 0 Å². The topological polar surface area (TPSA) is 20.3 Å². The van der Waals surface area contributed by atoms with E-state index in [1.54, 1.807) is 0 Å². The van der Waals surface area contributed by atoms with E-state index in [1.807, 2.05) is 0 Å². The molecule has 1 aliphatic carbocycles. The Balaban J connectivity index is 2.15. The first-order chi connectivity index (χ1) is 10.5. The molecule has 1 aliphatic heterocycles. The van der Waals surface area contributed by atoms with Crippen molar-refractivity contribution < 1.29 is 6.17 Å². The zero-order valence-corrected chi connectivity index (χ0v) is 13.7. The molecule has 0 N–H and O–H groups in total. The van der Waals surface area contributed by atoms with Crippen LogP contribution < -0.4 is 0 Å². The molecule has 0 fully saturated rings. The molecule has 0 atom stereocenters. The number of hydrogen-bond donors (Lipinski definition) is 0. The molecule has 0 bridgehead atoms. The number of benzene rings is 1. The average Bonchev–Trinajstić information content (AvgIpc) is 2.94. The number of Topliss-reactive ketones (excluding diaryl/α,β-unsaturated/α-hetero) is 1. The zero-order chi connectivity index (χ0) is 15.9. The number of nitrogens with zero attached hydrogens (tertiary/aromatic N) is 1. The van der Waals surface area contributed by atoms with Gasteiger partial charge in [-0.05, 0) is 55.8 Å². The van der Waals surface area contributed by atoms with Gasteiger partial charge in [-0.25, -0.2) is 0 Å². The van der Waals surface area contributed by atoms with E-state index in [2.05, 4.69) is 18.7 Å². The lowest BCUT2D eigenvalue weighted by atomic mass is 9.91. The van der Waals surface area contributed by atoms with Crippen LogP contribution >= 0.6 is 11.6 Å². The van der Waals surface area contributed by atoms with Gasteiger partial charge in [0.2, 0.25) is 0 Å². The van der Waals surface area contributed by atoms with Crippen LogP contribution in [0.25, 0.3) is 0 Å². The number of fused-ring (bicyclic) bond motifs is 3. The second-order valence-corrected chi connectivity index (χ2v) is 6.96. The van der Waals surface area contributed by atoms with Gasteiger partial charge >= 0.3 is 0 Å². The smallest absolute Gasteiger partial charge is 0.163 e. The highest BCUT2D eigenvalue weighted by Gasteiger charge is 2.29. The monoisotopic (exact) mass is 306 g/mol. The largest absolute Gasteiger partial charge is 0.294 e. The predicted octanol–water partition coefficient (Wildman–Crippen LogP) is 4.75. The molecule has 0 aromatic heterocycles. The van der Waals surface area contributed by atoms with Gasteiger partial charge in [0.15, 0.2) is 5.78 Å². The molecule has 3 rings (SSSR count). The number of rotatable bonds is 1. The van der Waals surface area contributed by atoms with E-state index >= 15 is 0 Å². The van der Waals surface area contributed by atoms with Crippen molar-refractivity contribution in [1.29, 1.82) is 0 Å². The Bertz CT molecular complexity index is 612. The van der Waals surface area contributed by atoms with Gasteiger partial charge in [0, 0.05) is 36.1 Å². The zero-order valence-electron chi connectivity index (χ0n) is 14.0. The number of carbonyl (C=O) groups excluding carboxylic acids is 1. The second-order valence-electron chi connectivity index (χ2n) is 6.59. The summed E-state index contributed by atoms with van der Waals surface area (Å²) in [5.41, 5.74) is 3.87. The maximum atomic E-state index is 12.8. The van der Waals surface area contributed by atoms with E-state index in [4.69, 9.17) is 13.0 Å². The number of ketones is 1. The number of carbonyl (C=O) groups is 1. The van der Waals surface area contributed by atoms with E-state index in [1.165, 1.54) is 0 Å². The van der Waals surface area contributed by atoms with Crippen molar-refractivity contribution in [3.8, 4) is 0 Å². The predicted molar refractivity (Wildman–Crippen MR) is 87.0 cm³/mol. The highest BCUT2D eigenvalue weighted by atomic mass is 35.5. The van der Waals surface area contributed by atoms with Gasteiger partial charge in [-0.3, -0.25) is 9.69 Å². The van der Waals surface area contributed by atoms with Crippen molar-refractivity contribution >= 4 is 17.4 Å². The third-order valence-corrected chi connectivity index (χ3v) is 5.13. The first-order valence-corrected chi connectivity index (χ1v) is 8.48. The average molecular weight is 307 g/mol. The maximum Gasteiger partial charge on any atom is 0.163 e. The number of halogens is 1. The Kier molecular flexibility index (Phi) is 4.00. The second kappa shape index (κ2) is 6.10. The molecule has 21 heavy (non-hydrogen) atoms. The molecule has 0 saturated carbocycles. The van der Waals surface area contributed by atoms with E-state index in [-0.39, 0.29) is 5.78 Å². The summed E-state index contributed by atoms with van der Waals surface area (Å²) in [5.74, 6) is 0.237. The third-order valence-electron chi connectivity index (χ3n) is 4.81. The molecule has 1 aromatic rings. The summed E-state index contributed by atoms with van der Waals surface area (Å²) in [5, 5.41) is 0.523. The van der Waals surface area contributed by atoms with Crippen molar-refractivity contribution in [3.05, 3.63) is 33.3 Å². The first kappa shape index (κ1) is 13.8. The lowest BCUT2D eigenvalue weighted by Crippen LogP contribution is -2.24. The standard InChI is InChI=1S/C18H24ClNO/c1-12(2)20-10-13-9-16(19)14-7-5-3-4-6-8-17(21)18(14)15(13)11-20/h9,12H,3-8,10-11H2,1-2H3/i9D. The Morgan fingerprint density at radius 3 is 2.57 bits per heavy atom. The van der Waals surface area contributed by atoms with Crippen LogP contribution in [0, 0.1) is 0 Å². The summed E-state index contributed by atoms with van der Waals surface area (Å²) in [6, 6.07) is 0.860. The minimum Gasteiger partial charge on any atom is -0.294 e. The highest BCUT2D eigenvalue weighted by molar-refractivity contribution is 6.32. The molecule has 1 aromatic carbocycles. The van der Waals surface area contributed by atoms with Gasteiger partial charge in [-0.2, -0.15) is 0 Å². The van der Waals surface area contributed by atoms with Crippen LogP contribution in [-0.2, 0) is 19.5 Å². The maximum absolute atomic E-state index is 12.8. The minimum atomic E-state index is 0.237. The Morgan fingerprint density at radius 2 is 1.86 bits per heavy atom. The summed E-state index contributed by atoms with van der Waals surface area (Å²) < 4.78 is 8.42. The van der Waals surface area contributed by atoms with Gasteiger partial charge in [0.05, 0.1) is 1.37 Å². The summed E-state index contributed by atoms with van der Waals surface area (Å²) in [6.07, 6.45) is 5.75. The van der Waals surface area contributed by atoms with Crippen molar-refractivity contribution in [2.45, 2.75) is 71.5 Å². The lowest BCUT2D eigenvalue weighted by molar-refractivity contribution is 0.0977. The van der Waals surface area contributed by atoms with Gasteiger partial charge < -0.3 is 0 Å². The fourth-order valence-electron chi connectivity index (χ4n) is 3.50. The van der Waals surface area contributed by atoms with Crippen LogP contribution in [0.4, 0.5) is 0 Å². The van der Waals surface area contributed by atoms with Crippen molar-refractivity contribution in [2.75, 3.05) is 0 Å². The van der Waals surface area contributed by atoms with Gasteiger partial charge in [-0.1, -0.05) is 24.4 Å². The Morgan fingerprint density at radius 1 is 1.14 bits per heavy atom. The van der Waals surface area contributed by atoms with Crippen molar-refractivity contribution in [1.82, 2.24) is 4.90 Å². The molecule has 1 heterocycles. The van der Waals surface area contributed by atoms with Crippen LogP contribution in [-0.4, -0.2) is 16.7 Å². The first-order valence-electron chi connectivity index (χ1n) is 8.60. The third kappa shape index (κ3) is 2.89. The molecular weight excluding hydrogens is 282 g/mol. The molecule has 2 aliphatic rings. The lowest BCUT2D eigenvalue weighted by Gasteiger charge is -2.19. The van der Waals surface area contributed by atoms with E-state index < -0.39 is 0 Å². The fraction of sp³-hybridized carbons (Fsp3) is 0.611. The molecule has 114 valence electrons. The van der Waals surface area contributed by atoms with Crippen LogP contribution in [0.15, 0.2) is 6.04 Å². The van der Waals surface area contributed by atoms with Crippen molar-refractivity contribution in [2.24, 2.45) is 0 Å². The Hall–Kier alpha value is -0.860. The van der Waals surface area contributed by atoms with E-state index in [0.29, 0.717) is 23.5 Å². The van der Waals surface area contributed by atoms with Crippen LogP contribution in [0.5, 0.6) is 0 Å². The normalized spacial score (nSPS) is 20.6. The molecule has 2 nitrogen and oxygen atoms in total. The summed E-state index contributed by atoms with van der Waals surface area (Å²) in [4.78, 5) is 15.1. The highest BCUT2D eigenvalue weighted by Crippen LogP contribution is 2.36. The molecule has 0 spiro atoms. The Labute approximate surface area is 133 Å². The van der Waals surface area contributed by atoms with Crippen LogP contribution in [0.1, 0.15) is 74.4 Å². The molecular formula is C18H24ClNO. The SMILES string of the molecule is [2H]c1c(Cl)c2c(c3c1CN(C(C)C)C3)C(=O)CCCCCC2. The molecule has 0 radical (unpaired) electrons. The molecule has 0 saturated heterocycles. The van der Waals surface area contributed by atoms with Gasteiger partial charge in [0.1, 0.15) is 0 Å². The quantitative estimate of drug-likeness (QED) is 0.746. The number of hydrogen-bond acceptors (Lipinski definition) is 2. The van der Waals surface area contributed by atoms with Gasteiger partial charge in [0.25, 0.3) is 0 Å². The molecule has 0 amide bonds. The minimum absolute atomic E-state index is 0.237. The fourth-order valence-corrected chi connectivity index (χ4v) is 3.80. The van der Waals surface area contributed by atoms with Crippen LogP contribution in [0.3, 0.4) is 0 Å². The summed E-state index contributed by atoms with van der Waals surface area (Å²) in [6.45, 7) is 5.84. The molecule has 3 heteroatoms. The summed E-state index contributed by atoms with van der Waals surface area (Å²) >= 11 is 6.51. The van der Waals surface area contributed by atoms with Crippen LogP contribution in [0.2, 0.25) is 5.02 Å². The summed E-state index contributed by atoms with van der Waals surface area (Å²) in [7, 11) is 0. The van der Waals surface area contributed by atoms with Gasteiger partial charge in [-0.15, -0.1) is 0 Å². The van der Waals surface area contributed by atoms with E-state index in [9.17, 15) is 4.79 Å². The van der Waals surface area contributed by atoms with E-state index in [0.717, 1.165) is 67.4 Å².